The normalized spacial score (nSPS) is 29.2. The van der Waals surface area contributed by atoms with E-state index in [4.69, 9.17) is 4.42 Å². The number of hydrogen-bond donors (Lipinski definition) is 1. The highest BCUT2D eigenvalue weighted by Crippen LogP contribution is 2.38. The lowest BCUT2D eigenvalue weighted by Crippen LogP contribution is -2.67. The summed E-state index contributed by atoms with van der Waals surface area (Å²) >= 11 is 0. The van der Waals surface area contributed by atoms with Gasteiger partial charge in [0, 0.05) is 12.1 Å². The van der Waals surface area contributed by atoms with Gasteiger partial charge in [-0.2, -0.15) is 0 Å². The van der Waals surface area contributed by atoms with Gasteiger partial charge in [0.05, 0.1) is 18.5 Å². The summed E-state index contributed by atoms with van der Waals surface area (Å²) in [5, 5.41) is 3.33. The van der Waals surface area contributed by atoms with E-state index in [0.29, 0.717) is 12.2 Å². The number of nitrogens with one attached hydrogen (secondary N) is 1. The van der Waals surface area contributed by atoms with Gasteiger partial charge in [0.2, 0.25) is 5.91 Å². The minimum atomic E-state index is -0.914. The van der Waals surface area contributed by atoms with E-state index < -0.39 is 5.54 Å². The van der Waals surface area contributed by atoms with Crippen LogP contribution in [0.4, 0.5) is 0 Å². The van der Waals surface area contributed by atoms with Crippen molar-refractivity contribution < 1.29 is 14.0 Å². The molecule has 6 heteroatoms. The SMILES string of the molecule is CC1CCC(NC(=O)C2(C)Cn3c(ccc3-c3ccco3)C(=O)N2C2CCCC2)CC1. The van der Waals surface area contributed by atoms with E-state index in [1.165, 1.54) is 0 Å². The third-order valence-corrected chi connectivity index (χ3v) is 7.72. The highest BCUT2D eigenvalue weighted by Gasteiger charge is 2.51. The van der Waals surface area contributed by atoms with Crippen LogP contribution in [-0.2, 0) is 11.3 Å². The van der Waals surface area contributed by atoms with Crippen molar-refractivity contribution in [2.45, 2.75) is 89.4 Å². The van der Waals surface area contributed by atoms with E-state index in [-0.39, 0.29) is 23.9 Å². The van der Waals surface area contributed by atoms with Gasteiger partial charge in [-0.1, -0.05) is 19.8 Å². The van der Waals surface area contributed by atoms with Crippen LogP contribution in [0.5, 0.6) is 0 Å². The monoisotopic (exact) mass is 423 g/mol. The molecule has 1 unspecified atom stereocenters. The van der Waals surface area contributed by atoms with Crippen molar-refractivity contribution in [3.05, 3.63) is 36.2 Å². The molecule has 0 saturated heterocycles. The quantitative estimate of drug-likeness (QED) is 0.781. The lowest BCUT2D eigenvalue weighted by Gasteiger charge is -2.48. The highest BCUT2D eigenvalue weighted by molar-refractivity contribution is 6.00. The largest absolute Gasteiger partial charge is 0.463 e. The molecule has 0 aromatic carbocycles. The predicted octanol–water partition coefficient (Wildman–Crippen LogP) is 4.60. The van der Waals surface area contributed by atoms with E-state index in [1.807, 2.05) is 40.7 Å². The number of amides is 2. The maximum absolute atomic E-state index is 13.8. The second kappa shape index (κ2) is 7.88. The molecule has 1 aliphatic heterocycles. The average molecular weight is 424 g/mol. The Labute approximate surface area is 184 Å². The van der Waals surface area contributed by atoms with E-state index in [9.17, 15) is 9.59 Å². The van der Waals surface area contributed by atoms with Gasteiger partial charge in [-0.25, -0.2) is 0 Å². The van der Waals surface area contributed by atoms with E-state index in [1.54, 1.807) is 6.26 Å². The van der Waals surface area contributed by atoms with E-state index in [0.717, 1.165) is 68.7 Å². The summed E-state index contributed by atoms with van der Waals surface area (Å²) in [5.41, 5.74) is 0.586. The van der Waals surface area contributed by atoms with Crippen LogP contribution in [0.2, 0.25) is 0 Å². The second-order valence-corrected chi connectivity index (χ2v) is 9.98. The van der Waals surface area contributed by atoms with Gasteiger partial charge in [0.25, 0.3) is 5.91 Å². The summed E-state index contributed by atoms with van der Waals surface area (Å²) in [7, 11) is 0. The number of furan rings is 1. The lowest BCUT2D eigenvalue weighted by atomic mass is 9.86. The molecule has 2 fully saturated rings. The minimum absolute atomic E-state index is 0.0166. The van der Waals surface area contributed by atoms with Crippen LogP contribution in [0.15, 0.2) is 34.9 Å². The van der Waals surface area contributed by atoms with Gasteiger partial charge < -0.3 is 19.2 Å². The number of carbonyl (C=O) groups excluding carboxylic acids is 2. The molecule has 6 nitrogen and oxygen atoms in total. The summed E-state index contributed by atoms with van der Waals surface area (Å²) in [6, 6.07) is 7.90. The number of rotatable bonds is 4. The zero-order chi connectivity index (χ0) is 21.6. The molecule has 2 saturated carbocycles. The summed E-state index contributed by atoms with van der Waals surface area (Å²) in [6.07, 6.45) is 10.2. The third kappa shape index (κ3) is 3.50. The molecule has 31 heavy (non-hydrogen) atoms. The first-order valence-electron chi connectivity index (χ1n) is 11.9. The molecule has 0 spiro atoms. The van der Waals surface area contributed by atoms with Crippen LogP contribution in [0.1, 0.15) is 75.7 Å². The van der Waals surface area contributed by atoms with Crippen molar-refractivity contribution in [2.24, 2.45) is 5.92 Å². The molecule has 5 rings (SSSR count). The maximum atomic E-state index is 13.8. The number of aromatic nitrogens is 1. The molecule has 2 amide bonds. The van der Waals surface area contributed by atoms with Crippen molar-refractivity contribution in [1.29, 1.82) is 0 Å². The van der Waals surface area contributed by atoms with Crippen LogP contribution < -0.4 is 5.32 Å². The molecule has 1 atom stereocenters. The van der Waals surface area contributed by atoms with E-state index in [2.05, 4.69) is 12.2 Å². The van der Waals surface area contributed by atoms with Crippen LogP contribution in [0.3, 0.4) is 0 Å². The molecule has 2 aromatic rings. The molecular weight excluding hydrogens is 390 g/mol. The third-order valence-electron chi connectivity index (χ3n) is 7.72. The topological polar surface area (TPSA) is 67.5 Å². The number of nitrogens with zero attached hydrogens (tertiary/aromatic N) is 2. The fourth-order valence-electron chi connectivity index (χ4n) is 5.85. The predicted molar refractivity (Wildman–Crippen MR) is 119 cm³/mol. The fourth-order valence-corrected chi connectivity index (χ4v) is 5.85. The van der Waals surface area contributed by atoms with Gasteiger partial charge in [-0.05, 0) is 75.6 Å². The minimum Gasteiger partial charge on any atom is -0.463 e. The summed E-state index contributed by atoms with van der Waals surface area (Å²) in [5.74, 6) is 1.40. The first-order valence-corrected chi connectivity index (χ1v) is 11.9. The number of hydrogen-bond acceptors (Lipinski definition) is 3. The van der Waals surface area contributed by atoms with Crippen molar-refractivity contribution in [3.63, 3.8) is 0 Å². The summed E-state index contributed by atoms with van der Waals surface area (Å²) in [6.45, 7) is 4.69. The van der Waals surface area contributed by atoms with Crippen LogP contribution in [0, 0.1) is 5.92 Å². The molecule has 2 aliphatic carbocycles. The van der Waals surface area contributed by atoms with Crippen molar-refractivity contribution in [2.75, 3.05) is 0 Å². The molecule has 166 valence electrons. The first-order chi connectivity index (χ1) is 15.0. The Hall–Kier alpha value is -2.50. The lowest BCUT2D eigenvalue weighted by molar-refractivity contribution is -0.135. The molecule has 1 N–H and O–H groups in total. The molecule has 3 heterocycles. The van der Waals surface area contributed by atoms with Gasteiger partial charge in [-0.15, -0.1) is 0 Å². The first kappa shape index (κ1) is 20.4. The molecule has 0 bridgehead atoms. The number of fused-ring (bicyclic) bond motifs is 1. The second-order valence-electron chi connectivity index (χ2n) is 9.98. The van der Waals surface area contributed by atoms with Crippen LogP contribution >= 0.6 is 0 Å². The van der Waals surface area contributed by atoms with Crippen molar-refractivity contribution in [1.82, 2.24) is 14.8 Å². The fraction of sp³-hybridized carbons (Fsp3) is 0.600. The zero-order valence-corrected chi connectivity index (χ0v) is 18.6. The van der Waals surface area contributed by atoms with Gasteiger partial charge >= 0.3 is 0 Å². The Morgan fingerprint density at radius 1 is 1.06 bits per heavy atom. The Bertz CT molecular complexity index is 949. The Balaban J connectivity index is 1.49. The number of carbonyl (C=O) groups is 2. The van der Waals surface area contributed by atoms with Gasteiger partial charge in [0.1, 0.15) is 17.0 Å². The maximum Gasteiger partial charge on any atom is 0.271 e. The zero-order valence-electron chi connectivity index (χ0n) is 18.6. The Kier molecular flexibility index (Phi) is 5.19. The molecule has 3 aliphatic rings. The Morgan fingerprint density at radius 3 is 2.45 bits per heavy atom. The average Bonchev–Trinajstić information content (AvgIpc) is 3.51. The molecule has 2 aromatic heterocycles. The van der Waals surface area contributed by atoms with Crippen molar-refractivity contribution in [3.8, 4) is 11.5 Å². The highest BCUT2D eigenvalue weighted by atomic mass is 16.3. The standard InChI is InChI=1S/C25H33N3O3/c1-17-9-11-18(12-10-17)26-24(30)25(2)16-27-20(22-8-5-15-31-22)13-14-21(27)23(29)28(25)19-6-3-4-7-19/h5,8,13-15,17-19H,3-4,6-7,9-12,16H2,1-2H3,(H,26,30). The van der Waals surface area contributed by atoms with Crippen LogP contribution in [-0.4, -0.2) is 38.9 Å². The van der Waals surface area contributed by atoms with Crippen LogP contribution in [0.25, 0.3) is 11.5 Å². The van der Waals surface area contributed by atoms with E-state index >= 15 is 0 Å². The summed E-state index contributed by atoms with van der Waals surface area (Å²) in [4.78, 5) is 29.4. The Morgan fingerprint density at radius 2 is 1.77 bits per heavy atom. The smallest absolute Gasteiger partial charge is 0.271 e. The van der Waals surface area contributed by atoms with Crippen molar-refractivity contribution >= 4 is 11.8 Å². The van der Waals surface area contributed by atoms with Gasteiger partial charge in [-0.3, -0.25) is 9.59 Å². The summed E-state index contributed by atoms with van der Waals surface area (Å²) < 4.78 is 7.60. The molecular formula is C25H33N3O3. The molecule has 0 radical (unpaired) electrons. The van der Waals surface area contributed by atoms with Gasteiger partial charge in [0.15, 0.2) is 0 Å².